The Hall–Kier alpha value is -1.69. The van der Waals surface area contributed by atoms with Crippen LogP contribution in [-0.4, -0.2) is 24.1 Å². The predicted octanol–water partition coefficient (Wildman–Crippen LogP) is 1.91. The van der Waals surface area contributed by atoms with Gasteiger partial charge in [0.05, 0.1) is 11.0 Å². The topological polar surface area (TPSA) is 72.4 Å². The van der Waals surface area contributed by atoms with E-state index in [0.717, 1.165) is 19.0 Å². The van der Waals surface area contributed by atoms with Crippen LogP contribution in [0.25, 0.3) is 0 Å². The molecule has 0 aromatic heterocycles. The normalized spacial score (nSPS) is 24.1. The van der Waals surface area contributed by atoms with Gasteiger partial charge >= 0.3 is 0 Å². The Kier molecular flexibility index (Phi) is 3.47. The molecule has 1 heterocycles. The fraction of sp³-hybridized carbons (Fsp3) is 0.500. The highest BCUT2D eigenvalue weighted by molar-refractivity contribution is 5.54. The first-order valence-corrected chi connectivity index (χ1v) is 5.93. The van der Waals surface area contributed by atoms with Gasteiger partial charge in [0.2, 0.25) is 0 Å². The highest BCUT2D eigenvalue weighted by Gasteiger charge is 2.24. The van der Waals surface area contributed by atoms with E-state index >= 15 is 0 Å². The molecular formula is C12H16FN3O2. The van der Waals surface area contributed by atoms with E-state index in [0.29, 0.717) is 18.2 Å². The van der Waals surface area contributed by atoms with Crippen LogP contribution < -0.4 is 10.6 Å². The molecule has 0 amide bonds. The van der Waals surface area contributed by atoms with Crippen molar-refractivity contribution in [3.63, 3.8) is 0 Å². The van der Waals surface area contributed by atoms with Crippen LogP contribution in [0.4, 0.5) is 15.8 Å². The Labute approximate surface area is 105 Å². The van der Waals surface area contributed by atoms with E-state index in [1.165, 1.54) is 12.1 Å². The van der Waals surface area contributed by atoms with E-state index in [9.17, 15) is 14.5 Å². The van der Waals surface area contributed by atoms with Crippen LogP contribution in [-0.2, 0) is 0 Å². The summed E-state index contributed by atoms with van der Waals surface area (Å²) in [4.78, 5) is 12.0. The molecule has 1 fully saturated rings. The zero-order valence-electron chi connectivity index (χ0n) is 10.2. The van der Waals surface area contributed by atoms with E-state index < -0.39 is 10.7 Å². The van der Waals surface area contributed by atoms with Gasteiger partial charge in [0, 0.05) is 30.9 Å². The van der Waals surface area contributed by atoms with Gasteiger partial charge in [0.25, 0.3) is 5.69 Å². The average Bonchev–Trinajstić information content (AvgIpc) is 2.31. The lowest BCUT2D eigenvalue weighted by Crippen LogP contribution is -2.47. The van der Waals surface area contributed by atoms with Gasteiger partial charge in [-0.05, 0) is 18.4 Å². The maximum Gasteiger partial charge on any atom is 0.274 e. The van der Waals surface area contributed by atoms with Crippen LogP contribution in [0.1, 0.15) is 13.3 Å². The molecule has 5 nitrogen and oxygen atoms in total. The summed E-state index contributed by atoms with van der Waals surface area (Å²) < 4.78 is 13.4. The highest BCUT2D eigenvalue weighted by atomic mass is 19.1. The van der Waals surface area contributed by atoms with Crippen LogP contribution in [0.15, 0.2) is 18.2 Å². The van der Waals surface area contributed by atoms with Gasteiger partial charge in [0.15, 0.2) is 0 Å². The minimum Gasteiger partial charge on any atom is -0.370 e. The number of hydrogen-bond acceptors (Lipinski definition) is 4. The summed E-state index contributed by atoms with van der Waals surface area (Å²) >= 11 is 0. The molecule has 0 radical (unpaired) electrons. The average molecular weight is 253 g/mol. The number of nitrogens with zero attached hydrogens (tertiary/aromatic N) is 2. The second-order valence-corrected chi connectivity index (χ2v) is 4.80. The number of non-ortho nitro benzene ring substituents is 1. The second-order valence-electron chi connectivity index (χ2n) is 4.80. The summed E-state index contributed by atoms with van der Waals surface area (Å²) in [5.41, 5.74) is 6.28. The molecule has 0 spiro atoms. The number of anilines is 1. The third-order valence-electron chi connectivity index (χ3n) is 3.46. The molecule has 2 atom stereocenters. The van der Waals surface area contributed by atoms with Crippen LogP contribution in [0.3, 0.4) is 0 Å². The van der Waals surface area contributed by atoms with Gasteiger partial charge in [-0.15, -0.1) is 0 Å². The number of hydrogen-bond donors (Lipinski definition) is 1. The SMILES string of the molecule is CC1CCN(c2cc(F)cc([N+](=O)[O-])c2)CC1N. The maximum atomic E-state index is 13.4. The first kappa shape index (κ1) is 12.8. The third-order valence-corrected chi connectivity index (χ3v) is 3.46. The summed E-state index contributed by atoms with van der Waals surface area (Å²) in [7, 11) is 0. The van der Waals surface area contributed by atoms with Crippen molar-refractivity contribution in [1.29, 1.82) is 0 Å². The molecule has 2 rings (SSSR count). The summed E-state index contributed by atoms with van der Waals surface area (Å²) in [6.45, 7) is 3.42. The molecule has 1 saturated heterocycles. The number of nitro groups is 1. The fourth-order valence-corrected chi connectivity index (χ4v) is 2.18. The van der Waals surface area contributed by atoms with Gasteiger partial charge in [-0.1, -0.05) is 6.92 Å². The molecule has 6 heteroatoms. The van der Waals surface area contributed by atoms with Crippen molar-refractivity contribution in [1.82, 2.24) is 0 Å². The second kappa shape index (κ2) is 4.89. The molecule has 98 valence electrons. The van der Waals surface area contributed by atoms with Crippen LogP contribution in [0.5, 0.6) is 0 Å². The number of piperidine rings is 1. The van der Waals surface area contributed by atoms with E-state index in [4.69, 9.17) is 5.73 Å². The minimum atomic E-state index is -0.591. The molecule has 18 heavy (non-hydrogen) atoms. The fourth-order valence-electron chi connectivity index (χ4n) is 2.18. The highest BCUT2D eigenvalue weighted by Crippen LogP contribution is 2.27. The van der Waals surface area contributed by atoms with Crippen molar-refractivity contribution in [2.24, 2.45) is 11.7 Å². The number of nitrogens with two attached hydrogens (primary N) is 1. The van der Waals surface area contributed by atoms with Gasteiger partial charge in [-0.25, -0.2) is 4.39 Å². The minimum absolute atomic E-state index is 0.0149. The van der Waals surface area contributed by atoms with E-state index in [1.54, 1.807) is 0 Å². The molecule has 0 saturated carbocycles. The van der Waals surface area contributed by atoms with Gasteiger partial charge in [-0.2, -0.15) is 0 Å². The summed E-state index contributed by atoms with van der Waals surface area (Å²) in [6.07, 6.45) is 0.908. The number of halogens is 1. The smallest absolute Gasteiger partial charge is 0.274 e. The van der Waals surface area contributed by atoms with Gasteiger partial charge in [-0.3, -0.25) is 10.1 Å². The lowest BCUT2D eigenvalue weighted by molar-refractivity contribution is -0.385. The largest absolute Gasteiger partial charge is 0.370 e. The van der Waals surface area contributed by atoms with Crippen molar-refractivity contribution in [3.8, 4) is 0 Å². The zero-order valence-corrected chi connectivity index (χ0v) is 10.2. The predicted molar refractivity (Wildman–Crippen MR) is 67.0 cm³/mol. The Bertz CT molecular complexity index is 467. The lowest BCUT2D eigenvalue weighted by Gasteiger charge is -2.36. The standard InChI is InChI=1S/C12H16FN3O2/c1-8-2-3-15(7-12(8)14)10-4-9(13)5-11(6-10)16(17)18/h4-6,8,12H,2-3,7,14H2,1H3. The number of benzene rings is 1. The van der Waals surface area contributed by atoms with Gasteiger partial charge < -0.3 is 10.6 Å². The number of rotatable bonds is 2. The Morgan fingerprint density at radius 1 is 1.50 bits per heavy atom. The van der Waals surface area contributed by atoms with Crippen molar-refractivity contribution >= 4 is 11.4 Å². The molecule has 2 unspecified atom stereocenters. The molecule has 2 N–H and O–H groups in total. The summed E-state index contributed by atoms with van der Waals surface area (Å²) in [5, 5.41) is 10.7. The molecular weight excluding hydrogens is 237 g/mol. The Morgan fingerprint density at radius 3 is 2.83 bits per heavy atom. The van der Waals surface area contributed by atoms with Crippen molar-refractivity contribution < 1.29 is 9.31 Å². The first-order valence-electron chi connectivity index (χ1n) is 5.93. The summed E-state index contributed by atoms with van der Waals surface area (Å²) in [6, 6.07) is 3.65. The van der Waals surface area contributed by atoms with E-state index in [2.05, 4.69) is 6.92 Å². The molecule has 0 aliphatic carbocycles. The summed E-state index contributed by atoms with van der Waals surface area (Å²) in [5.74, 6) is -0.170. The van der Waals surface area contributed by atoms with Crippen molar-refractivity contribution in [2.75, 3.05) is 18.0 Å². The van der Waals surface area contributed by atoms with Crippen LogP contribution in [0.2, 0.25) is 0 Å². The monoisotopic (exact) mass is 253 g/mol. The van der Waals surface area contributed by atoms with E-state index in [1.807, 2.05) is 4.90 Å². The quantitative estimate of drug-likeness (QED) is 0.645. The molecule has 1 aromatic rings. The molecule has 1 aromatic carbocycles. The number of nitro benzene ring substituents is 1. The lowest BCUT2D eigenvalue weighted by atomic mass is 9.94. The third kappa shape index (κ3) is 2.59. The van der Waals surface area contributed by atoms with Crippen LogP contribution in [0, 0.1) is 21.8 Å². The zero-order chi connectivity index (χ0) is 13.3. The van der Waals surface area contributed by atoms with Crippen molar-refractivity contribution in [3.05, 3.63) is 34.1 Å². The van der Waals surface area contributed by atoms with Crippen molar-refractivity contribution in [2.45, 2.75) is 19.4 Å². The molecule has 1 aliphatic rings. The molecule has 0 bridgehead atoms. The Balaban J connectivity index is 2.25. The Morgan fingerprint density at radius 2 is 2.22 bits per heavy atom. The first-order chi connectivity index (χ1) is 8.47. The maximum absolute atomic E-state index is 13.4. The van der Waals surface area contributed by atoms with Crippen LogP contribution >= 0.6 is 0 Å². The van der Waals surface area contributed by atoms with Gasteiger partial charge in [0.1, 0.15) is 5.82 Å². The van der Waals surface area contributed by atoms with E-state index in [-0.39, 0.29) is 11.7 Å². The molecule has 1 aliphatic heterocycles.